The lowest BCUT2D eigenvalue weighted by Crippen LogP contribution is -2.21. The van der Waals surface area contributed by atoms with E-state index >= 15 is 0 Å². The van der Waals surface area contributed by atoms with Crippen molar-refractivity contribution in [1.29, 1.82) is 5.26 Å². The van der Waals surface area contributed by atoms with E-state index < -0.39 is 0 Å². The smallest absolute Gasteiger partial charge is 0.101 e. The van der Waals surface area contributed by atoms with E-state index in [1.54, 1.807) is 17.8 Å². The van der Waals surface area contributed by atoms with E-state index in [2.05, 4.69) is 17.2 Å². The number of nitrogens with zero attached hydrogens (tertiary/aromatic N) is 2. The van der Waals surface area contributed by atoms with Crippen LogP contribution >= 0.6 is 11.8 Å². The molecule has 0 aliphatic heterocycles. The Labute approximate surface area is 94.9 Å². The maximum absolute atomic E-state index is 8.85. The molecular weight excluding hydrogens is 206 g/mol. The van der Waals surface area contributed by atoms with Crippen LogP contribution in [-0.2, 0) is 0 Å². The van der Waals surface area contributed by atoms with Gasteiger partial charge in [-0.2, -0.15) is 17.0 Å². The van der Waals surface area contributed by atoms with Gasteiger partial charge in [-0.15, -0.1) is 0 Å². The first-order chi connectivity index (χ1) is 7.20. The molecule has 80 valence electrons. The highest BCUT2D eigenvalue weighted by atomic mass is 32.2. The van der Waals surface area contributed by atoms with Crippen molar-refractivity contribution in [3.8, 4) is 6.07 Å². The number of nitrogen functional groups attached to an aromatic ring is 1. The van der Waals surface area contributed by atoms with Gasteiger partial charge in [0.1, 0.15) is 6.07 Å². The summed E-state index contributed by atoms with van der Waals surface area (Å²) in [5, 5.41) is 8.85. The van der Waals surface area contributed by atoms with Gasteiger partial charge in [-0.05, 0) is 18.4 Å². The zero-order chi connectivity index (χ0) is 11.3. The van der Waals surface area contributed by atoms with Crippen LogP contribution in [-0.4, -0.2) is 25.6 Å². The van der Waals surface area contributed by atoms with Crippen molar-refractivity contribution < 1.29 is 0 Å². The predicted octanol–water partition coefficient (Wildman–Crippen LogP) is 1.94. The van der Waals surface area contributed by atoms with Crippen molar-refractivity contribution in [2.24, 2.45) is 0 Å². The van der Waals surface area contributed by atoms with E-state index in [0.717, 1.165) is 18.0 Å². The number of anilines is 2. The Morgan fingerprint density at radius 1 is 1.53 bits per heavy atom. The van der Waals surface area contributed by atoms with E-state index in [-0.39, 0.29) is 0 Å². The third kappa shape index (κ3) is 2.80. The molecule has 0 fully saturated rings. The number of nitriles is 1. The molecule has 0 aromatic heterocycles. The molecular formula is C11H15N3S. The minimum Gasteiger partial charge on any atom is -0.396 e. The molecule has 0 saturated carbocycles. The standard InChI is InChI=1S/C11H15N3S/c1-14(6-7-15-2)10-5-3-4-9(8-12)11(10)13/h3-5H,6-7,13H2,1-2H3. The van der Waals surface area contributed by atoms with Crippen LogP contribution in [0.1, 0.15) is 5.56 Å². The van der Waals surface area contributed by atoms with Gasteiger partial charge in [0.15, 0.2) is 0 Å². The number of hydrogen-bond acceptors (Lipinski definition) is 4. The molecule has 0 radical (unpaired) electrons. The molecule has 4 heteroatoms. The van der Waals surface area contributed by atoms with Crippen molar-refractivity contribution in [3.63, 3.8) is 0 Å². The van der Waals surface area contributed by atoms with Gasteiger partial charge in [0.25, 0.3) is 0 Å². The molecule has 3 nitrogen and oxygen atoms in total. The Kier molecular flexibility index (Phi) is 4.32. The van der Waals surface area contributed by atoms with Crippen molar-refractivity contribution in [3.05, 3.63) is 23.8 Å². The fourth-order valence-corrected chi connectivity index (χ4v) is 1.79. The lowest BCUT2D eigenvalue weighted by atomic mass is 10.1. The highest BCUT2D eigenvalue weighted by Crippen LogP contribution is 2.25. The lowest BCUT2D eigenvalue weighted by Gasteiger charge is -2.20. The average molecular weight is 221 g/mol. The maximum atomic E-state index is 8.85. The highest BCUT2D eigenvalue weighted by Gasteiger charge is 2.07. The van der Waals surface area contributed by atoms with Crippen molar-refractivity contribution in [1.82, 2.24) is 0 Å². The average Bonchev–Trinajstić information content (AvgIpc) is 2.26. The van der Waals surface area contributed by atoms with E-state index in [1.807, 2.05) is 19.2 Å². The van der Waals surface area contributed by atoms with Gasteiger partial charge in [0.2, 0.25) is 0 Å². The normalized spacial score (nSPS) is 9.67. The van der Waals surface area contributed by atoms with Gasteiger partial charge in [-0.3, -0.25) is 0 Å². The molecule has 0 aliphatic rings. The lowest BCUT2D eigenvalue weighted by molar-refractivity contribution is 0.979. The Morgan fingerprint density at radius 2 is 2.27 bits per heavy atom. The highest BCUT2D eigenvalue weighted by molar-refractivity contribution is 7.98. The van der Waals surface area contributed by atoms with Crippen LogP contribution in [0.15, 0.2) is 18.2 Å². The summed E-state index contributed by atoms with van der Waals surface area (Å²) in [6.07, 6.45) is 2.07. The molecule has 15 heavy (non-hydrogen) atoms. The van der Waals surface area contributed by atoms with Crippen LogP contribution in [0.25, 0.3) is 0 Å². The number of hydrogen-bond donors (Lipinski definition) is 1. The van der Waals surface area contributed by atoms with Crippen molar-refractivity contribution >= 4 is 23.1 Å². The van der Waals surface area contributed by atoms with E-state index in [9.17, 15) is 0 Å². The zero-order valence-corrected chi connectivity index (χ0v) is 9.84. The van der Waals surface area contributed by atoms with Crippen LogP contribution in [0.5, 0.6) is 0 Å². The Morgan fingerprint density at radius 3 is 2.87 bits per heavy atom. The van der Waals surface area contributed by atoms with Crippen molar-refractivity contribution in [2.75, 3.05) is 36.2 Å². The Bertz CT molecular complexity index is 371. The summed E-state index contributed by atoms with van der Waals surface area (Å²) >= 11 is 1.79. The molecule has 0 unspecified atom stereocenters. The van der Waals surface area contributed by atoms with E-state index in [4.69, 9.17) is 11.0 Å². The zero-order valence-electron chi connectivity index (χ0n) is 9.03. The number of nitrogens with two attached hydrogens (primary N) is 1. The van der Waals surface area contributed by atoms with Gasteiger partial charge in [-0.1, -0.05) is 6.07 Å². The predicted molar refractivity (Wildman–Crippen MR) is 67.2 cm³/mol. The summed E-state index contributed by atoms with van der Waals surface area (Å²) in [4.78, 5) is 2.08. The number of rotatable bonds is 4. The van der Waals surface area contributed by atoms with Crippen LogP contribution in [0.2, 0.25) is 0 Å². The molecule has 0 atom stereocenters. The van der Waals surface area contributed by atoms with Gasteiger partial charge >= 0.3 is 0 Å². The Hall–Kier alpha value is -1.34. The molecule has 0 heterocycles. The van der Waals surface area contributed by atoms with Gasteiger partial charge in [0.05, 0.1) is 16.9 Å². The molecule has 1 aromatic rings. The van der Waals surface area contributed by atoms with Crippen molar-refractivity contribution in [2.45, 2.75) is 0 Å². The summed E-state index contributed by atoms with van der Waals surface area (Å²) in [7, 11) is 1.99. The molecule has 0 spiro atoms. The third-order valence-corrected chi connectivity index (χ3v) is 2.84. The monoisotopic (exact) mass is 221 g/mol. The van der Waals surface area contributed by atoms with Crippen LogP contribution < -0.4 is 10.6 Å². The minimum atomic E-state index is 0.545. The number of benzene rings is 1. The van der Waals surface area contributed by atoms with E-state index in [1.165, 1.54) is 0 Å². The minimum absolute atomic E-state index is 0.545. The maximum Gasteiger partial charge on any atom is 0.101 e. The fourth-order valence-electron chi connectivity index (χ4n) is 1.33. The first-order valence-corrected chi connectivity index (χ1v) is 6.08. The van der Waals surface area contributed by atoms with Crippen LogP contribution in [0, 0.1) is 11.3 Å². The van der Waals surface area contributed by atoms with Crippen LogP contribution in [0.3, 0.4) is 0 Å². The molecule has 0 bridgehead atoms. The summed E-state index contributed by atoms with van der Waals surface area (Å²) < 4.78 is 0. The summed E-state index contributed by atoms with van der Waals surface area (Å²) in [6, 6.07) is 7.63. The second-order valence-electron chi connectivity index (χ2n) is 3.26. The van der Waals surface area contributed by atoms with Crippen LogP contribution in [0.4, 0.5) is 11.4 Å². The van der Waals surface area contributed by atoms with Gasteiger partial charge in [0, 0.05) is 19.3 Å². The largest absolute Gasteiger partial charge is 0.396 e. The molecule has 0 aliphatic carbocycles. The molecule has 0 saturated heterocycles. The molecule has 1 rings (SSSR count). The number of para-hydroxylation sites is 1. The quantitative estimate of drug-likeness (QED) is 0.789. The molecule has 2 N–H and O–H groups in total. The topological polar surface area (TPSA) is 53.0 Å². The SMILES string of the molecule is CSCCN(C)c1cccc(C#N)c1N. The Balaban J connectivity index is 2.90. The first kappa shape index (κ1) is 11.7. The second kappa shape index (κ2) is 5.52. The van der Waals surface area contributed by atoms with Gasteiger partial charge in [-0.25, -0.2) is 0 Å². The fraction of sp³-hybridized carbons (Fsp3) is 0.364. The molecule has 0 amide bonds. The summed E-state index contributed by atoms with van der Waals surface area (Å²) in [6.45, 7) is 0.931. The third-order valence-electron chi connectivity index (χ3n) is 2.25. The molecule has 1 aromatic carbocycles. The van der Waals surface area contributed by atoms with E-state index in [0.29, 0.717) is 11.3 Å². The second-order valence-corrected chi connectivity index (χ2v) is 4.25. The first-order valence-electron chi connectivity index (χ1n) is 4.69. The summed E-state index contributed by atoms with van der Waals surface area (Å²) in [5.74, 6) is 1.05. The number of thioether (sulfide) groups is 1. The summed E-state index contributed by atoms with van der Waals surface area (Å²) in [5.41, 5.74) is 7.95. The van der Waals surface area contributed by atoms with Gasteiger partial charge < -0.3 is 10.6 Å².